The number of carbonyl (C=O) groups is 4. The zero-order valence-electron chi connectivity index (χ0n) is 12.5. The lowest BCUT2D eigenvalue weighted by Gasteiger charge is -2.24. The minimum Gasteiger partial charge on any atom is -0.466 e. The standard InChI is InChI=1S/C12H17NO9/c1-6(14)20-5-9(13-18)10(21-7(2)15)11(12(17)19-4)22-8(3)16/h10-11,18H,5H2,1-4H3/b13-9-/t10-,11-/m1/s1. The molecule has 0 bridgehead atoms. The number of carbonyl (C=O) groups excluding carboxylic acids is 4. The predicted octanol–water partition coefficient (Wildman–Crippen LogP) is -0.584. The summed E-state index contributed by atoms with van der Waals surface area (Å²) in [5, 5.41) is 11.8. The van der Waals surface area contributed by atoms with Gasteiger partial charge in [-0.2, -0.15) is 0 Å². The van der Waals surface area contributed by atoms with E-state index in [-0.39, 0.29) is 0 Å². The van der Waals surface area contributed by atoms with Gasteiger partial charge in [0.15, 0.2) is 6.10 Å². The Labute approximate surface area is 125 Å². The van der Waals surface area contributed by atoms with Gasteiger partial charge in [0.1, 0.15) is 12.3 Å². The molecule has 0 aliphatic carbocycles. The predicted molar refractivity (Wildman–Crippen MR) is 69.0 cm³/mol. The molecule has 10 heteroatoms. The van der Waals surface area contributed by atoms with Crippen molar-refractivity contribution in [1.29, 1.82) is 0 Å². The molecule has 124 valence electrons. The van der Waals surface area contributed by atoms with Crippen LogP contribution in [0.15, 0.2) is 5.16 Å². The molecule has 0 fully saturated rings. The summed E-state index contributed by atoms with van der Waals surface area (Å²) >= 11 is 0. The molecule has 0 saturated carbocycles. The Hall–Kier alpha value is -2.65. The second-order valence-electron chi connectivity index (χ2n) is 3.95. The highest BCUT2D eigenvalue weighted by Gasteiger charge is 2.39. The molecule has 22 heavy (non-hydrogen) atoms. The molecule has 0 aromatic rings. The highest BCUT2D eigenvalue weighted by molar-refractivity contribution is 5.97. The summed E-state index contributed by atoms with van der Waals surface area (Å²) in [7, 11) is 1.02. The smallest absolute Gasteiger partial charge is 0.351 e. The van der Waals surface area contributed by atoms with Gasteiger partial charge in [0.25, 0.3) is 0 Å². The fraction of sp³-hybridized carbons (Fsp3) is 0.583. The van der Waals surface area contributed by atoms with Crippen molar-refractivity contribution >= 4 is 29.6 Å². The van der Waals surface area contributed by atoms with E-state index in [1.807, 2.05) is 0 Å². The first kappa shape index (κ1) is 19.3. The summed E-state index contributed by atoms with van der Waals surface area (Å²) in [6, 6.07) is 0. The Morgan fingerprint density at radius 1 is 0.955 bits per heavy atom. The average molecular weight is 319 g/mol. The van der Waals surface area contributed by atoms with Gasteiger partial charge >= 0.3 is 23.9 Å². The van der Waals surface area contributed by atoms with E-state index in [1.165, 1.54) is 0 Å². The number of rotatable bonds is 7. The Balaban J connectivity index is 5.50. The van der Waals surface area contributed by atoms with E-state index in [0.29, 0.717) is 0 Å². The Morgan fingerprint density at radius 2 is 1.45 bits per heavy atom. The van der Waals surface area contributed by atoms with Crippen molar-refractivity contribution in [2.45, 2.75) is 33.0 Å². The summed E-state index contributed by atoms with van der Waals surface area (Å²) < 4.78 is 18.6. The Morgan fingerprint density at radius 3 is 1.82 bits per heavy atom. The van der Waals surface area contributed by atoms with Gasteiger partial charge in [0.2, 0.25) is 6.10 Å². The molecular weight excluding hydrogens is 302 g/mol. The minimum absolute atomic E-state index is 0.415. The third-order valence-corrected chi connectivity index (χ3v) is 2.17. The SMILES string of the molecule is COC(=O)[C@H](OC(C)=O)[C@H](OC(C)=O)/C(COC(C)=O)=N\O. The molecule has 0 unspecified atom stereocenters. The highest BCUT2D eigenvalue weighted by atomic mass is 16.6. The fourth-order valence-electron chi connectivity index (χ4n) is 1.36. The maximum absolute atomic E-state index is 11.7. The number of hydrogen-bond acceptors (Lipinski definition) is 10. The van der Waals surface area contributed by atoms with Gasteiger partial charge in [-0.1, -0.05) is 5.16 Å². The molecule has 0 amide bonds. The van der Waals surface area contributed by atoms with Crippen LogP contribution in [-0.2, 0) is 38.1 Å². The lowest BCUT2D eigenvalue weighted by Crippen LogP contribution is -2.47. The van der Waals surface area contributed by atoms with E-state index >= 15 is 0 Å². The highest BCUT2D eigenvalue weighted by Crippen LogP contribution is 2.11. The molecule has 1 N–H and O–H groups in total. The van der Waals surface area contributed by atoms with Crippen LogP contribution in [-0.4, -0.2) is 60.7 Å². The van der Waals surface area contributed by atoms with Crippen LogP contribution < -0.4 is 0 Å². The van der Waals surface area contributed by atoms with Crippen molar-refractivity contribution in [1.82, 2.24) is 0 Å². The second-order valence-corrected chi connectivity index (χ2v) is 3.95. The minimum atomic E-state index is -1.71. The van der Waals surface area contributed by atoms with Crippen LogP contribution in [0.5, 0.6) is 0 Å². The zero-order valence-corrected chi connectivity index (χ0v) is 12.5. The van der Waals surface area contributed by atoms with Gasteiger partial charge in [-0.05, 0) is 0 Å². The molecular formula is C12H17NO9. The van der Waals surface area contributed by atoms with Gasteiger partial charge in [-0.25, -0.2) is 4.79 Å². The number of oxime groups is 1. The van der Waals surface area contributed by atoms with Crippen LogP contribution in [0.1, 0.15) is 20.8 Å². The monoisotopic (exact) mass is 319 g/mol. The summed E-state index contributed by atoms with van der Waals surface area (Å²) in [6.45, 7) is 2.55. The first-order chi connectivity index (χ1) is 10.2. The number of nitrogens with zero attached hydrogens (tertiary/aromatic N) is 1. The van der Waals surface area contributed by atoms with Gasteiger partial charge in [-0.15, -0.1) is 0 Å². The first-order valence-corrected chi connectivity index (χ1v) is 5.99. The van der Waals surface area contributed by atoms with Gasteiger partial charge in [0.05, 0.1) is 7.11 Å². The van der Waals surface area contributed by atoms with Gasteiger partial charge in [0, 0.05) is 20.8 Å². The van der Waals surface area contributed by atoms with Crippen molar-refractivity contribution in [2.24, 2.45) is 5.16 Å². The molecule has 0 aromatic carbocycles. The quantitative estimate of drug-likeness (QED) is 0.214. The molecule has 0 aliphatic rings. The topological polar surface area (TPSA) is 138 Å². The molecule has 0 heterocycles. The Kier molecular flexibility index (Phi) is 8.19. The molecule has 0 saturated heterocycles. The summed E-state index contributed by atoms with van der Waals surface area (Å²) in [6.07, 6.45) is -3.33. The van der Waals surface area contributed by atoms with Crippen molar-refractivity contribution in [3.05, 3.63) is 0 Å². The van der Waals surface area contributed by atoms with Crippen molar-refractivity contribution in [3.63, 3.8) is 0 Å². The zero-order chi connectivity index (χ0) is 17.3. The third kappa shape index (κ3) is 6.68. The van der Waals surface area contributed by atoms with Crippen LogP contribution in [0, 0.1) is 0 Å². The van der Waals surface area contributed by atoms with E-state index in [2.05, 4.69) is 14.6 Å². The molecule has 0 radical (unpaired) electrons. The van der Waals surface area contributed by atoms with E-state index in [0.717, 1.165) is 27.9 Å². The number of methoxy groups -OCH3 is 1. The van der Waals surface area contributed by atoms with Crippen LogP contribution in [0.3, 0.4) is 0 Å². The lowest BCUT2D eigenvalue weighted by molar-refractivity contribution is -0.175. The summed E-state index contributed by atoms with van der Waals surface area (Å²) in [5.41, 5.74) is -0.415. The lowest BCUT2D eigenvalue weighted by atomic mass is 10.1. The van der Waals surface area contributed by atoms with Gasteiger partial charge < -0.3 is 24.2 Å². The van der Waals surface area contributed by atoms with E-state index in [1.54, 1.807) is 0 Å². The van der Waals surface area contributed by atoms with Gasteiger partial charge in [-0.3, -0.25) is 14.4 Å². The molecule has 2 atom stereocenters. The summed E-state index contributed by atoms with van der Waals surface area (Å²) in [5.74, 6) is -3.47. The summed E-state index contributed by atoms with van der Waals surface area (Å²) in [4.78, 5) is 44.7. The fourth-order valence-corrected chi connectivity index (χ4v) is 1.36. The maximum Gasteiger partial charge on any atom is 0.351 e. The van der Waals surface area contributed by atoms with Crippen LogP contribution >= 0.6 is 0 Å². The van der Waals surface area contributed by atoms with E-state index in [4.69, 9.17) is 14.7 Å². The molecule has 10 nitrogen and oxygen atoms in total. The molecule has 0 aromatic heterocycles. The van der Waals surface area contributed by atoms with Crippen LogP contribution in [0.2, 0.25) is 0 Å². The van der Waals surface area contributed by atoms with E-state index < -0.39 is 48.4 Å². The first-order valence-electron chi connectivity index (χ1n) is 5.99. The normalized spacial score (nSPS) is 13.5. The van der Waals surface area contributed by atoms with Crippen molar-refractivity contribution in [2.75, 3.05) is 13.7 Å². The largest absolute Gasteiger partial charge is 0.466 e. The Bertz CT molecular complexity index is 471. The number of hydrogen-bond donors (Lipinski definition) is 1. The van der Waals surface area contributed by atoms with Crippen LogP contribution in [0.25, 0.3) is 0 Å². The van der Waals surface area contributed by atoms with Crippen molar-refractivity contribution in [3.8, 4) is 0 Å². The van der Waals surface area contributed by atoms with E-state index in [9.17, 15) is 19.2 Å². The van der Waals surface area contributed by atoms with Crippen molar-refractivity contribution < 1.29 is 43.3 Å². The second kappa shape index (κ2) is 9.32. The molecule has 0 rings (SSSR count). The molecule has 0 aliphatic heterocycles. The maximum atomic E-state index is 11.7. The molecule has 0 spiro atoms. The van der Waals surface area contributed by atoms with Crippen LogP contribution in [0.4, 0.5) is 0 Å². The average Bonchev–Trinajstić information content (AvgIpc) is 2.42. The third-order valence-electron chi connectivity index (χ3n) is 2.17. The number of ether oxygens (including phenoxy) is 4. The number of esters is 4.